The van der Waals surface area contributed by atoms with Gasteiger partial charge in [0.25, 0.3) is 0 Å². The van der Waals surface area contributed by atoms with Gasteiger partial charge in [-0.25, -0.2) is 4.99 Å². The normalized spacial score (nSPS) is 12.2. The van der Waals surface area contributed by atoms with E-state index in [1.165, 1.54) is 5.56 Å². The number of ether oxygens (including phenoxy) is 1. The summed E-state index contributed by atoms with van der Waals surface area (Å²) in [5, 5.41) is 21.4. The maximum Gasteiger partial charge on any atom is 0.191 e. The predicted molar refractivity (Wildman–Crippen MR) is 143 cm³/mol. The Labute approximate surface area is 213 Å². The number of aliphatic hydroxyl groups is 1. The van der Waals surface area contributed by atoms with Crippen LogP contribution in [-0.2, 0) is 13.1 Å². The van der Waals surface area contributed by atoms with Gasteiger partial charge in [0.05, 0.1) is 31.5 Å². The molecule has 3 N–H and O–H groups in total. The number of aromatic nitrogens is 2. The van der Waals surface area contributed by atoms with Gasteiger partial charge in [-0.3, -0.25) is 4.68 Å². The largest absolute Gasteiger partial charge is 0.491 e. The molecule has 0 spiro atoms. The molecule has 3 rings (SSSR count). The lowest BCUT2D eigenvalue weighted by Gasteiger charge is -2.16. The summed E-state index contributed by atoms with van der Waals surface area (Å²) >= 11 is 0. The van der Waals surface area contributed by atoms with E-state index in [-0.39, 0.29) is 30.1 Å². The third kappa shape index (κ3) is 9.05. The molecule has 0 saturated heterocycles. The summed E-state index contributed by atoms with van der Waals surface area (Å²) < 4.78 is 7.57. The van der Waals surface area contributed by atoms with Crippen LogP contribution in [0.3, 0.4) is 0 Å². The van der Waals surface area contributed by atoms with Gasteiger partial charge in [0.2, 0.25) is 0 Å². The van der Waals surface area contributed by atoms with Crippen LogP contribution in [0.25, 0.3) is 0 Å². The van der Waals surface area contributed by atoms with Crippen LogP contribution < -0.4 is 15.4 Å². The van der Waals surface area contributed by atoms with Crippen molar-refractivity contribution in [1.82, 2.24) is 20.4 Å². The molecule has 0 fully saturated rings. The van der Waals surface area contributed by atoms with E-state index in [1.54, 1.807) is 0 Å². The molecule has 0 amide bonds. The van der Waals surface area contributed by atoms with Gasteiger partial charge >= 0.3 is 0 Å². The molecule has 2 aromatic carbocycles. The van der Waals surface area contributed by atoms with Crippen molar-refractivity contribution in [3.8, 4) is 5.75 Å². The van der Waals surface area contributed by atoms with Crippen molar-refractivity contribution in [2.45, 2.75) is 46.1 Å². The lowest BCUT2D eigenvalue weighted by molar-refractivity contribution is 0.180. The quantitative estimate of drug-likeness (QED) is 0.196. The summed E-state index contributed by atoms with van der Waals surface area (Å²) in [6.45, 7) is 8.31. The predicted octanol–water partition coefficient (Wildman–Crippen LogP) is 4.13. The van der Waals surface area contributed by atoms with E-state index in [4.69, 9.17) is 4.74 Å². The molecule has 0 aliphatic rings. The molecular formula is C25H34IN5O2. The van der Waals surface area contributed by atoms with Crippen LogP contribution >= 0.6 is 24.0 Å². The highest BCUT2D eigenvalue weighted by atomic mass is 127. The van der Waals surface area contributed by atoms with Gasteiger partial charge < -0.3 is 20.5 Å². The first kappa shape index (κ1) is 26.7. The van der Waals surface area contributed by atoms with Crippen LogP contribution in [-0.4, -0.2) is 40.0 Å². The minimum absolute atomic E-state index is 0. The molecule has 1 heterocycles. The van der Waals surface area contributed by atoms with E-state index in [2.05, 4.69) is 32.9 Å². The summed E-state index contributed by atoms with van der Waals surface area (Å²) in [4.78, 5) is 4.63. The number of hydrogen-bond acceptors (Lipinski definition) is 4. The Morgan fingerprint density at radius 3 is 2.45 bits per heavy atom. The molecule has 0 bridgehead atoms. The molecule has 0 radical (unpaired) electrons. The molecular weight excluding hydrogens is 529 g/mol. The van der Waals surface area contributed by atoms with E-state index in [0.717, 1.165) is 30.0 Å². The van der Waals surface area contributed by atoms with Crippen LogP contribution in [0.5, 0.6) is 5.75 Å². The fraction of sp³-hybridized carbons (Fsp3) is 0.360. The lowest BCUT2D eigenvalue weighted by Crippen LogP contribution is -2.39. The van der Waals surface area contributed by atoms with Crippen molar-refractivity contribution >= 4 is 29.9 Å². The van der Waals surface area contributed by atoms with Gasteiger partial charge in [-0.05, 0) is 44.0 Å². The van der Waals surface area contributed by atoms with Crippen LogP contribution in [0.2, 0.25) is 0 Å². The molecule has 8 heteroatoms. The molecule has 1 aromatic heterocycles. The highest BCUT2D eigenvalue weighted by Crippen LogP contribution is 2.18. The first-order chi connectivity index (χ1) is 15.5. The van der Waals surface area contributed by atoms with Gasteiger partial charge in [0, 0.05) is 24.8 Å². The number of benzene rings is 2. The number of guanidine groups is 1. The SMILES string of the molecule is CCNC(=NCc1cnn(Cc2ccccc2)c1)NCC(O)c1ccc(OC(C)C)cc1.I. The topological polar surface area (TPSA) is 83.7 Å². The maximum absolute atomic E-state index is 10.5. The Kier molecular flexibility index (Phi) is 11.2. The number of nitrogens with zero attached hydrogens (tertiary/aromatic N) is 3. The standard InChI is InChI=1S/C25H33N5O2.HI/c1-4-26-25(28-16-24(31)22-10-12-23(13-11-22)32-19(2)3)27-14-21-15-29-30(18-21)17-20-8-6-5-7-9-20;/h5-13,15,18-19,24,31H,4,14,16-17H2,1-3H3,(H2,26,27,28);1H. The average Bonchev–Trinajstić information content (AvgIpc) is 3.23. The molecule has 0 saturated carbocycles. The van der Waals surface area contributed by atoms with Crippen molar-refractivity contribution in [2.24, 2.45) is 4.99 Å². The Hall–Kier alpha value is -2.59. The summed E-state index contributed by atoms with van der Waals surface area (Å²) in [5.74, 6) is 1.45. The van der Waals surface area contributed by atoms with E-state index >= 15 is 0 Å². The van der Waals surface area contributed by atoms with Crippen molar-refractivity contribution < 1.29 is 9.84 Å². The number of rotatable bonds is 10. The van der Waals surface area contributed by atoms with E-state index < -0.39 is 6.10 Å². The third-order valence-electron chi connectivity index (χ3n) is 4.74. The molecule has 0 aliphatic heterocycles. The zero-order valence-electron chi connectivity index (χ0n) is 19.4. The number of nitrogens with one attached hydrogen (secondary N) is 2. The Morgan fingerprint density at radius 1 is 1.06 bits per heavy atom. The molecule has 0 aliphatic carbocycles. The van der Waals surface area contributed by atoms with E-state index in [9.17, 15) is 5.11 Å². The highest BCUT2D eigenvalue weighted by molar-refractivity contribution is 14.0. The van der Waals surface area contributed by atoms with E-state index in [1.807, 2.05) is 80.3 Å². The second-order valence-corrected chi connectivity index (χ2v) is 7.86. The molecule has 1 atom stereocenters. The summed E-state index contributed by atoms with van der Waals surface area (Å²) in [6, 6.07) is 17.8. The summed E-state index contributed by atoms with van der Waals surface area (Å²) in [7, 11) is 0. The van der Waals surface area contributed by atoms with Crippen LogP contribution in [0.4, 0.5) is 0 Å². The Balaban J connectivity index is 0.00000385. The highest BCUT2D eigenvalue weighted by Gasteiger charge is 2.09. The zero-order chi connectivity index (χ0) is 22.8. The fourth-order valence-corrected chi connectivity index (χ4v) is 3.21. The first-order valence-corrected chi connectivity index (χ1v) is 11.1. The fourth-order valence-electron chi connectivity index (χ4n) is 3.21. The van der Waals surface area contributed by atoms with Crippen molar-refractivity contribution in [3.63, 3.8) is 0 Å². The van der Waals surface area contributed by atoms with Gasteiger partial charge in [0.1, 0.15) is 5.75 Å². The Bertz CT molecular complexity index is 974. The number of hydrogen-bond donors (Lipinski definition) is 3. The van der Waals surface area contributed by atoms with Gasteiger partial charge in [0.15, 0.2) is 5.96 Å². The molecule has 178 valence electrons. The number of aliphatic hydroxyl groups excluding tert-OH is 1. The van der Waals surface area contributed by atoms with Crippen LogP contribution in [0.15, 0.2) is 72.0 Å². The molecule has 7 nitrogen and oxygen atoms in total. The first-order valence-electron chi connectivity index (χ1n) is 11.1. The minimum atomic E-state index is -0.652. The van der Waals surface area contributed by atoms with Gasteiger partial charge in [-0.2, -0.15) is 5.10 Å². The lowest BCUT2D eigenvalue weighted by atomic mass is 10.1. The number of aliphatic imine (C=N–C) groups is 1. The molecule has 33 heavy (non-hydrogen) atoms. The number of halogens is 1. The van der Waals surface area contributed by atoms with Crippen molar-refractivity contribution in [1.29, 1.82) is 0 Å². The van der Waals surface area contributed by atoms with Crippen LogP contribution in [0.1, 0.15) is 43.6 Å². The second-order valence-electron chi connectivity index (χ2n) is 7.86. The van der Waals surface area contributed by atoms with Gasteiger partial charge in [-0.15, -0.1) is 24.0 Å². The van der Waals surface area contributed by atoms with Crippen molar-refractivity contribution in [2.75, 3.05) is 13.1 Å². The maximum atomic E-state index is 10.5. The average molecular weight is 563 g/mol. The zero-order valence-corrected chi connectivity index (χ0v) is 21.8. The minimum Gasteiger partial charge on any atom is -0.491 e. The molecule has 3 aromatic rings. The summed E-state index contributed by atoms with van der Waals surface area (Å²) in [5.41, 5.74) is 3.06. The van der Waals surface area contributed by atoms with Gasteiger partial charge in [-0.1, -0.05) is 42.5 Å². The van der Waals surface area contributed by atoms with Crippen molar-refractivity contribution in [3.05, 3.63) is 83.7 Å². The van der Waals surface area contributed by atoms with Crippen LogP contribution in [0, 0.1) is 0 Å². The second kappa shape index (κ2) is 13.8. The van der Waals surface area contributed by atoms with E-state index in [0.29, 0.717) is 19.0 Å². The third-order valence-corrected chi connectivity index (χ3v) is 4.74. The smallest absolute Gasteiger partial charge is 0.191 e. The molecule has 1 unspecified atom stereocenters. The monoisotopic (exact) mass is 563 g/mol. The Morgan fingerprint density at radius 2 is 1.79 bits per heavy atom. The summed E-state index contributed by atoms with van der Waals surface area (Å²) in [6.07, 6.45) is 3.32.